The fraction of sp³-hybridized carbons (Fsp3) is 1.00. The number of likely N-dealkylation sites (N-methyl/N-ethyl adjacent to an activating group) is 1. The Morgan fingerprint density at radius 1 is 1.38 bits per heavy atom. The number of rotatable bonds is 2. The van der Waals surface area contributed by atoms with E-state index in [4.69, 9.17) is 4.74 Å². The summed E-state index contributed by atoms with van der Waals surface area (Å²) in [5.41, 5.74) is 0.406. The third-order valence-electron chi connectivity index (χ3n) is 4.25. The van der Waals surface area contributed by atoms with E-state index >= 15 is 0 Å². The Labute approximate surface area is 101 Å². The molecule has 2 fully saturated rings. The van der Waals surface area contributed by atoms with Crippen molar-refractivity contribution in [3.63, 3.8) is 0 Å². The molecule has 1 spiro atoms. The highest BCUT2D eigenvalue weighted by Crippen LogP contribution is 2.44. The van der Waals surface area contributed by atoms with Gasteiger partial charge in [-0.1, -0.05) is 34.6 Å². The van der Waals surface area contributed by atoms with Crippen LogP contribution in [0.4, 0.5) is 0 Å². The Kier molecular flexibility index (Phi) is 5.26. The molecule has 16 heavy (non-hydrogen) atoms. The van der Waals surface area contributed by atoms with Crippen LogP contribution in [0.15, 0.2) is 0 Å². The Morgan fingerprint density at radius 2 is 2.06 bits per heavy atom. The fourth-order valence-electron chi connectivity index (χ4n) is 3.56. The molecule has 0 amide bonds. The largest absolute Gasteiger partial charge is 0.379 e. The third-order valence-corrected chi connectivity index (χ3v) is 4.25. The van der Waals surface area contributed by atoms with Crippen molar-refractivity contribution in [3.05, 3.63) is 0 Å². The van der Waals surface area contributed by atoms with Crippen LogP contribution in [-0.4, -0.2) is 36.7 Å². The van der Waals surface area contributed by atoms with E-state index in [1.54, 1.807) is 0 Å². The Balaban J connectivity index is 0.000000606. The molecule has 2 rings (SSSR count). The van der Waals surface area contributed by atoms with Crippen molar-refractivity contribution in [2.75, 3.05) is 26.3 Å². The van der Waals surface area contributed by atoms with E-state index in [1.165, 1.54) is 25.9 Å². The summed E-state index contributed by atoms with van der Waals surface area (Å²) >= 11 is 0. The first kappa shape index (κ1) is 14.0. The van der Waals surface area contributed by atoms with E-state index in [2.05, 4.69) is 25.7 Å². The molecule has 2 aliphatic heterocycles. The zero-order chi connectivity index (χ0) is 12.2. The highest BCUT2D eigenvalue weighted by molar-refractivity contribution is 5.04. The molecule has 96 valence electrons. The average Bonchev–Trinajstić information content (AvgIpc) is 2.90. The molecular formula is C14H29NO. The lowest BCUT2D eigenvalue weighted by atomic mass is 9.77. The zero-order valence-electron chi connectivity index (χ0n) is 11.8. The maximum Gasteiger partial charge on any atom is 0.0654 e. The first-order valence-electron chi connectivity index (χ1n) is 7.03. The molecule has 0 aromatic heterocycles. The van der Waals surface area contributed by atoms with Gasteiger partial charge in [-0.15, -0.1) is 0 Å². The Bertz CT molecular complexity index is 197. The van der Waals surface area contributed by atoms with Gasteiger partial charge in [0.15, 0.2) is 0 Å². The van der Waals surface area contributed by atoms with Crippen molar-refractivity contribution in [1.29, 1.82) is 0 Å². The lowest BCUT2D eigenvalue weighted by Crippen LogP contribution is -2.49. The Morgan fingerprint density at radius 3 is 2.50 bits per heavy atom. The normalized spacial score (nSPS) is 34.5. The van der Waals surface area contributed by atoms with Crippen LogP contribution in [0, 0.1) is 11.8 Å². The van der Waals surface area contributed by atoms with Crippen molar-refractivity contribution < 1.29 is 4.74 Å². The van der Waals surface area contributed by atoms with Crippen LogP contribution in [0.3, 0.4) is 0 Å². The van der Waals surface area contributed by atoms with E-state index in [1.807, 2.05) is 13.8 Å². The summed E-state index contributed by atoms with van der Waals surface area (Å²) in [5, 5.41) is 0. The van der Waals surface area contributed by atoms with Gasteiger partial charge in [-0.3, -0.25) is 4.90 Å². The first-order chi connectivity index (χ1) is 7.70. The molecule has 2 nitrogen and oxygen atoms in total. The molecule has 2 saturated heterocycles. The number of hydrogen-bond donors (Lipinski definition) is 0. The minimum atomic E-state index is 0.406. The van der Waals surface area contributed by atoms with E-state index in [9.17, 15) is 0 Å². The molecule has 2 unspecified atom stereocenters. The van der Waals surface area contributed by atoms with Gasteiger partial charge < -0.3 is 4.74 Å². The maximum absolute atomic E-state index is 5.65. The molecule has 0 aliphatic carbocycles. The molecule has 0 radical (unpaired) electrons. The van der Waals surface area contributed by atoms with Crippen LogP contribution in [0.2, 0.25) is 0 Å². The molecule has 0 saturated carbocycles. The lowest BCUT2D eigenvalue weighted by molar-refractivity contribution is 0.0630. The lowest BCUT2D eigenvalue weighted by Gasteiger charge is -2.39. The molecule has 2 heteroatoms. The quantitative estimate of drug-likeness (QED) is 0.718. The second-order valence-electron chi connectivity index (χ2n) is 5.13. The molecule has 0 aromatic rings. The van der Waals surface area contributed by atoms with Gasteiger partial charge in [-0.25, -0.2) is 0 Å². The second-order valence-corrected chi connectivity index (χ2v) is 5.13. The minimum Gasteiger partial charge on any atom is -0.379 e. The topological polar surface area (TPSA) is 12.5 Å². The Hall–Kier alpha value is -0.0800. The minimum absolute atomic E-state index is 0.406. The summed E-state index contributed by atoms with van der Waals surface area (Å²) in [4.78, 5) is 2.66. The number of likely N-dealkylation sites (tertiary alicyclic amines) is 1. The van der Waals surface area contributed by atoms with E-state index in [0.717, 1.165) is 25.0 Å². The van der Waals surface area contributed by atoms with Gasteiger partial charge in [0, 0.05) is 12.1 Å². The summed E-state index contributed by atoms with van der Waals surface area (Å²) in [6.45, 7) is 15.4. The summed E-state index contributed by atoms with van der Waals surface area (Å²) in [6.07, 6.45) is 2.62. The van der Waals surface area contributed by atoms with Crippen LogP contribution in [0.5, 0.6) is 0 Å². The number of nitrogens with zero attached hydrogens (tertiary/aromatic N) is 1. The van der Waals surface area contributed by atoms with Gasteiger partial charge in [0.1, 0.15) is 0 Å². The predicted molar refractivity (Wildman–Crippen MR) is 69.7 cm³/mol. The van der Waals surface area contributed by atoms with Gasteiger partial charge in [-0.05, 0) is 37.8 Å². The summed E-state index contributed by atoms with van der Waals surface area (Å²) in [7, 11) is 0. The van der Waals surface area contributed by atoms with Crippen molar-refractivity contribution in [2.24, 2.45) is 11.8 Å². The molecule has 0 aromatic carbocycles. The van der Waals surface area contributed by atoms with Crippen molar-refractivity contribution >= 4 is 0 Å². The predicted octanol–water partition coefficient (Wildman–Crippen LogP) is 3.17. The van der Waals surface area contributed by atoms with Crippen LogP contribution in [-0.2, 0) is 4.74 Å². The maximum atomic E-state index is 5.65. The highest BCUT2D eigenvalue weighted by atomic mass is 16.5. The summed E-state index contributed by atoms with van der Waals surface area (Å²) in [5.74, 6) is 1.65. The SMILES string of the molecule is CC.CCN1CCC(C(C)C)C12CCOC2. The van der Waals surface area contributed by atoms with Crippen LogP contribution in [0.25, 0.3) is 0 Å². The molecular weight excluding hydrogens is 198 g/mol. The van der Waals surface area contributed by atoms with E-state index in [0.29, 0.717) is 5.54 Å². The van der Waals surface area contributed by atoms with E-state index in [-0.39, 0.29) is 0 Å². The van der Waals surface area contributed by atoms with Gasteiger partial charge in [-0.2, -0.15) is 0 Å². The van der Waals surface area contributed by atoms with Gasteiger partial charge in [0.25, 0.3) is 0 Å². The number of ether oxygens (including phenoxy) is 1. The average molecular weight is 227 g/mol. The van der Waals surface area contributed by atoms with Crippen LogP contribution >= 0.6 is 0 Å². The van der Waals surface area contributed by atoms with Crippen molar-refractivity contribution in [2.45, 2.75) is 53.0 Å². The third kappa shape index (κ3) is 2.28. The molecule has 0 bridgehead atoms. The fourth-order valence-corrected chi connectivity index (χ4v) is 3.56. The van der Waals surface area contributed by atoms with Gasteiger partial charge in [0.05, 0.1) is 6.61 Å². The van der Waals surface area contributed by atoms with Crippen LogP contribution < -0.4 is 0 Å². The first-order valence-corrected chi connectivity index (χ1v) is 7.03. The van der Waals surface area contributed by atoms with Crippen molar-refractivity contribution in [1.82, 2.24) is 4.90 Å². The number of hydrogen-bond acceptors (Lipinski definition) is 2. The monoisotopic (exact) mass is 227 g/mol. The highest BCUT2D eigenvalue weighted by Gasteiger charge is 2.51. The van der Waals surface area contributed by atoms with Gasteiger partial charge in [0.2, 0.25) is 0 Å². The standard InChI is InChI=1S/C12H23NO.C2H6/c1-4-13-7-5-11(10(2)3)12(13)6-8-14-9-12;1-2/h10-11H,4-9H2,1-3H3;1-2H3. The zero-order valence-corrected chi connectivity index (χ0v) is 11.8. The van der Waals surface area contributed by atoms with Crippen molar-refractivity contribution in [3.8, 4) is 0 Å². The second kappa shape index (κ2) is 6.02. The van der Waals surface area contributed by atoms with Gasteiger partial charge >= 0.3 is 0 Å². The summed E-state index contributed by atoms with van der Waals surface area (Å²) in [6, 6.07) is 0. The van der Waals surface area contributed by atoms with E-state index < -0.39 is 0 Å². The van der Waals surface area contributed by atoms with Crippen LogP contribution in [0.1, 0.15) is 47.5 Å². The smallest absolute Gasteiger partial charge is 0.0654 e. The molecule has 0 N–H and O–H groups in total. The molecule has 2 heterocycles. The molecule has 2 aliphatic rings. The summed E-state index contributed by atoms with van der Waals surface area (Å²) < 4.78 is 5.65. The molecule has 2 atom stereocenters.